The molecule has 6 heteroatoms. The number of nitrogens with zero attached hydrogens (tertiary/aromatic N) is 3. The highest BCUT2D eigenvalue weighted by molar-refractivity contribution is 9.10. The van der Waals surface area contributed by atoms with E-state index in [0.29, 0.717) is 6.54 Å². The van der Waals surface area contributed by atoms with Crippen LogP contribution in [-0.4, -0.2) is 26.5 Å². The Morgan fingerprint density at radius 3 is 2.21 bits per heavy atom. The van der Waals surface area contributed by atoms with Crippen LogP contribution in [-0.2, 0) is 23.2 Å². The van der Waals surface area contributed by atoms with E-state index in [1.807, 2.05) is 27.8 Å². The molecule has 1 aromatic heterocycles. The number of carbonyl (C=O) groups is 2. The molecule has 0 aromatic carbocycles. The van der Waals surface area contributed by atoms with E-state index in [1.165, 1.54) is 4.90 Å². The molecule has 1 saturated carbocycles. The van der Waals surface area contributed by atoms with Gasteiger partial charge in [-0.25, -0.2) is 0 Å². The maximum atomic E-state index is 12.3. The normalized spacial score (nSPS) is 27.9. The Bertz CT molecular complexity index is 581. The fourth-order valence-corrected chi connectivity index (χ4v) is 3.62. The van der Waals surface area contributed by atoms with Gasteiger partial charge in [0.2, 0.25) is 11.8 Å². The van der Waals surface area contributed by atoms with E-state index in [2.05, 4.69) is 21.0 Å². The maximum absolute atomic E-state index is 12.3. The molecular formula is C13H16BrN3O2. The zero-order valence-corrected chi connectivity index (χ0v) is 13.0. The summed E-state index contributed by atoms with van der Waals surface area (Å²) in [6.45, 7) is 6.17. The van der Waals surface area contributed by atoms with Gasteiger partial charge in [-0.2, -0.15) is 5.10 Å². The van der Waals surface area contributed by atoms with Crippen LogP contribution in [0.25, 0.3) is 0 Å². The Morgan fingerprint density at radius 1 is 1.26 bits per heavy atom. The van der Waals surface area contributed by atoms with Gasteiger partial charge in [-0.3, -0.25) is 19.2 Å². The number of hydrogen-bond acceptors (Lipinski definition) is 3. The summed E-state index contributed by atoms with van der Waals surface area (Å²) in [7, 11) is 1.82. The standard InChI is InChI=1S/C13H16BrN3O2/c1-6-10(14)7(16(4)15-6)5-17-11(18)8-9(12(17)19)13(8,2)3/h8-9H,5H2,1-4H3. The number of aromatic nitrogens is 2. The van der Waals surface area contributed by atoms with E-state index >= 15 is 0 Å². The molecule has 2 fully saturated rings. The molecule has 0 spiro atoms. The van der Waals surface area contributed by atoms with Gasteiger partial charge in [0.25, 0.3) is 0 Å². The average molecular weight is 326 g/mol. The minimum absolute atomic E-state index is 0.0363. The van der Waals surface area contributed by atoms with Gasteiger partial charge in [0.15, 0.2) is 0 Å². The van der Waals surface area contributed by atoms with E-state index in [4.69, 9.17) is 0 Å². The zero-order chi connectivity index (χ0) is 14.1. The van der Waals surface area contributed by atoms with Crippen LogP contribution in [0.4, 0.5) is 0 Å². The summed E-state index contributed by atoms with van der Waals surface area (Å²) in [5, 5.41) is 4.28. The molecule has 0 N–H and O–H groups in total. The van der Waals surface area contributed by atoms with Crippen LogP contribution < -0.4 is 0 Å². The Morgan fingerprint density at radius 2 is 1.79 bits per heavy atom. The fourth-order valence-electron chi connectivity index (χ4n) is 3.16. The summed E-state index contributed by atoms with van der Waals surface area (Å²) in [5.41, 5.74) is 1.57. The van der Waals surface area contributed by atoms with Gasteiger partial charge in [-0.05, 0) is 28.3 Å². The smallest absolute Gasteiger partial charge is 0.234 e. The van der Waals surface area contributed by atoms with Gasteiger partial charge in [0, 0.05) is 7.05 Å². The second-order valence-corrected chi connectivity index (χ2v) is 6.80. The Kier molecular flexibility index (Phi) is 2.49. The van der Waals surface area contributed by atoms with E-state index in [9.17, 15) is 9.59 Å². The van der Waals surface area contributed by atoms with Crippen molar-refractivity contribution in [3.63, 3.8) is 0 Å². The lowest BCUT2D eigenvalue weighted by atomic mass is 10.1. The first-order chi connectivity index (χ1) is 8.76. The predicted octanol–water partition coefficient (Wildman–Crippen LogP) is 1.63. The number of halogens is 1. The highest BCUT2D eigenvalue weighted by Crippen LogP contribution is 2.63. The number of likely N-dealkylation sites (tertiary alicyclic amines) is 1. The molecule has 1 saturated heterocycles. The van der Waals surface area contributed by atoms with Crippen LogP contribution in [0.15, 0.2) is 4.47 Å². The first-order valence-electron chi connectivity index (χ1n) is 6.30. The first-order valence-corrected chi connectivity index (χ1v) is 7.09. The van der Waals surface area contributed by atoms with Gasteiger partial charge in [0.05, 0.1) is 34.2 Å². The molecule has 19 heavy (non-hydrogen) atoms. The monoisotopic (exact) mass is 325 g/mol. The van der Waals surface area contributed by atoms with E-state index < -0.39 is 0 Å². The number of piperidine rings is 1. The lowest BCUT2D eigenvalue weighted by Gasteiger charge is -2.20. The molecule has 2 unspecified atom stereocenters. The minimum Gasteiger partial charge on any atom is -0.276 e. The van der Waals surface area contributed by atoms with Crippen molar-refractivity contribution in [3.05, 3.63) is 15.9 Å². The number of amides is 2. The largest absolute Gasteiger partial charge is 0.276 e. The summed E-state index contributed by atoms with van der Waals surface area (Å²) in [5.74, 6) is -0.308. The average Bonchev–Trinajstić information content (AvgIpc) is 2.67. The summed E-state index contributed by atoms with van der Waals surface area (Å²) in [4.78, 5) is 25.9. The topological polar surface area (TPSA) is 55.2 Å². The van der Waals surface area contributed by atoms with Crippen molar-refractivity contribution < 1.29 is 9.59 Å². The van der Waals surface area contributed by atoms with E-state index in [-0.39, 0.29) is 29.1 Å². The van der Waals surface area contributed by atoms with Gasteiger partial charge >= 0.3 is 0 Å². The molecule has 102 valence electrons. The summed E-state index contributed by atoms with van der Waals surface area (Å²) < 4.78 is 2.59. The van der Waals surface area contributed by atoms with Crippen LogP contribution in [0.3, 0.4) is 0 Å². The highest BCUT2D eigenvalue weighted by Gasteiger charge is 2.72. The quantitative estimate of drug-likeness (QED) is 0.776. The van der Waals surface area contributed by atoms with Crippen molar-refractivity contribution in [2.45, 2.75) is 27.3 Å². The van der Waals surface area contributed by atoms with Gasteiger partial charge in [-0.1, -0.05) is 13.8 Å². The number of rotatable bonds is 2. The molecular weight excluding hydrogens is 310 g/mol. The van der Waals surface area contributed by atoms with Gasteiger partial charge in [-0.15, -0.1) is 0 Å². The first kappa shape index (κ1) is 12.8. The summed E-state index contributed by atoms with van der Waals surface area (Å²) in [6, 6.07) is 0. The predicted molar refractivity (Wildman–Crippen MR) is 72.0 cm³/mol. The Hall–Kier alpha value is -1.17. The molecule has 2 amide bonds. The Labute approximate surface area is 120 Å². The number of fused-ring (bicyclic) bond motifs is 1. The molecule has 5 nitrogen and oxygen atoms in total. The molecule has 3 rings (SSSR count). The third-order valence-corrected chi connectivity index (χ3v) is 5.49. The SMILES string of the molecule is Cc1nn(C)c(CN2C(=O)C3C(C2=O)C3(C)C)c1Br. The highest BCUT2D eigenvalue weighted by atomic mass is 79.9. The molecule has 1 aromatic rings. The molecule has 0 bridgehead atoms. The molecule has 2 atom stereocenters. The maximum Gasteiger partial charge on any atom is 0.234 e. The number of aryl methyl sites for hydroxylation is 2. The molecule has 2 heterocycles. The number of hydrogen-bond donors (Lipinski definition) is 0. The summed E-state index contributed by atoms with van der Waals surface area (Å²) >= 11 is 3.46. The number of imide groups is 1. The van der Waals surface area contributed by atoms with Crippen molar-refractivity contribution in [1.29, 1.82) is 0 Å². The third-order valence-electron chi connectivity index (χ3n) is 4.46. The van der Waals surface area contributed by atoms with Crippen molar-refractivity contribution in [2.75, 3.05) is 0 Å². The van der Waals surface area contributed by atoms with Crippen LogP contribution in [0.2, 0.25) is 0 Å². The molecule has 0 radical (unpaired) electrons. The third kappa shape index (κ3) is 1.55. The van der Waals surface area contributed by atoms with Gasteiger partial charge < -0.3 is 0 Å². The van der Waals surface area contributed by atoms with E-state index in [0.717, 1.165) is 15.9 Å². The van der Waals surface area contributed by atoms with Crippen LogP contribution in [0, 0.1) is 24.2 Å². The summed E-state index contributed by atoms with van der Waals surface area (Å²) in [6.07, 6.45) is 0. The second-order valence-electron chi connectivity index (χ2n) is 6.01. The Balaban J connectivity index is 1.87. The lowest BCUT2D eigenvalue weighted by molar-refractivity contribution is -0.143. The van der Waals surface area contributed by atoms with Crippen molar-refractivity contribution in [3.8, 4) is 0 Å². The van der Waals surface area contributed by atoms with Crippen molar-refractivity contribution in [2.24, 2.45) is 24.3 Å². The number of carbonyl (C=O) groups excluding carboxylic acids is 2. The van der Waals surface area contributed by atoms with Crippen LogP contribution in [0.1, 0.15) is 25.2 Å². The fraction of sp³-hybridized carbons (Fsp3) is 0.615. The van der Waals surface area contributed by atoms with Crippen LogP contribution >= 0.6 is 15.9 Å². The second kappa shape index (κ2) is 3.69. The van der Waals surface area contributed by atoms with Crippen molar-refractivity contribution >= 4 is 27.7 Å². The minimum atomic E-state index is -0.149. The zero-order valence-electron chi connectivity index (χ0n) is 11.4. The molecule has 1 aliphatic heterocycles. The molecule has 1 aliphatic carbocycles. The van der Waals surface area contributed by atoms with Crippen LogP contribution in [0.5, 0.6) is 0 Å². The van der Waals surface area contributed by atoms with Crippen molar-refractivity contribution in [1.82, 2.24) is 14.7 Å². The van der Waals surface area contributed by atoms with Gasteiger partial charge in [0.1, 0.15) is 0 Å². The lowest BCUT2D eigenvalue weighted by Crippen LogP contribution is -2.36. The van der Waals surface area contributed by atoms with E-state index in [1.54, 1.807) is 4.68 Å². The molecule has 2 aliphatic rings.